The molecule has 3 aliphatic rings. The summed E-state index contributed by atoms with van der Waals surface area (Å²) in [4.78, 5) is 17.5. The molecule has 19 atom stereocenters. The number of oxime groups is 1. The molecule has 12 N–H and O–H groups in total. The maximum Gasteiger partial charge on any atom is 0.308 e. The van der Waals surface area contributed by atoms with Gasteiger partial charge < -0.3 is 80.6 Å². The molecule has 0 radical (unpaired) electrons. The second-order valence-electron chi connectivity index (χ2n) is 17.7. The van der Waals surface area contributed by atoms with Gasteiger partial charge in [-0.1, -0.05) is 104 Å². The van der Waals surface area contributed by atoms with E-state index in [2.05, 4.69) is 5.16 Å². The van der Waals surface area contributed by atoms with Crippen LogP contribution in [0, 0.1) is 17.8 Å². The van der Waals surface area contributed by atoms with E-state index in [-0.39, 0.29) is 38.0 Å². The maximum absolute atomic E-state index is 12.6. The molecule has 2 bridgehead atoms. The number of aliphatic hydroxyl groups excluding tert-OH is 9. The number of hydrogen-bond acceptors (Lipinski definition) is 18. The first-order chi connectivity index (χ1) is 31.2. The Morgan fingerprint density at radius 2 is 1.27 bits per heavy atom. The number of nitrogens with two attached hydrogens (primary N) is 1. The number of cyclic esters (lactones) is 1. The summed E-state index contributed by atoms with van der Waals surface area (Å²) in [6.07, 6.45) is 7.81. The van der Waals surface area contributed by atoms with Crippen molar-refractivity contribution in [2.75, 3.05) is 7.11 Å². The molecule has 2 saturated heterocycles. The lowest BCUT2D eigenvalue weighted by Gasteiger charge is -2.45. The lowest BCUT2D eigenvalue weighted by Crippen LogP contribution is -2.61. The zero-order valence-electron chi connectivity index (χ0n) is 38.7. The smallest absolute Gasteiger partial charge is 0.308 e. The molecular weight excluding hydrogens is 861 g/mol. The van der Waals surface area contributed by atoms with E-state index >= 15 is 0 Å². The summed E-state index contributed by atoms with van der Waals surface area (Å²) in [5, 5.41) is 113. The fourth-order valence-corrected chi connectivity index (χ4v) is 8.00. The minimum atomic E-state index is -2.15. The fourth-order valence-electron chi connectivity index (χ4n) is 8.00. The summed E-state index contributed by atoms with van der Waals surface area (Å²) in [5.74, 6) is -4.44. The third-order valence-electron chi connectivity index (χ3n) is 12.1. The van der Waals surface area contributed by atoms with Crippen molar-refractivity contribution in [3.63, 3.8) is 0 Å². The molecule has 0 aromatic rings. The van der Waals surface area contributed by atoms with E-state index in [0.717, 1.165) is 0 Å². The summed E-state index contributed by atoms with van der Waals surface area (Å²) in [6, 6.07) is -1.09. The summed E-state index contributed by atoms with van der Waals surface area (Å²) in [5.41, 5.74) is 6.08. The number of carbonyl (C=O) groups is 1. The predicted octanol–water partition coefficient (Wildman–Crippen LogP) is 1.26. The van der Waals surface area contributed by atoms with Crippen LogP contribution in [0.15, 0.2) is 90.2 Å². The maximum atomic E-state index is 12.6. The monoisotopic (exact) mass is 937 g/mol. The largest absolute Gasteiger partial charge is 0.462 e. The highest BCUT2D eigenvalue weighted by Gasteiger charge is 2.48. The second kappa shape index (κ2) is 28.8. The number of allylic oxidation sites excluding steroid dienone is 12. The molecule has 18 nitrogen and oxygen atoms in total. The average molecular weight is 937 g/mol. The summed E-state index contributed by atoms with van der Waals surface area (Å²) < 4.78 is 23.7. The molecule has 3 heterocycles. The van der Waals surface area contributed by atoms with E-state index in [1.54, 1.807) is 51.2 Å². The molecule has 0 spiro atoms. The SMILES string of the molecule is CO/N=C\[C@H]1[C@@H]2C[C@@H](O[C@@H]3O[C@H](C)[C@@H](O)[C@H](N)[C@@H]3O)C=CC=CC=CC=CC=CC=CC=C[C@H](C)[C@@H](O)[C@@H](C)[C@H](C)OC(=O)C[C@H](O)C[C@H](O)CC[C@@H](O)[C@H](O)C[C@H](O)C[C@](O)(C[C@@H]1O)O2. The molecular formula is C48H76N2O16. The standard InChI is InChI=1S/C48H76N2O16/c1-29-18-16-14-12-10-8-6-7-9-11-13-15-17-19-36(65-47-46(60)43(49)45(59)32(4)64-47)25-41-37(28-50-62-5)40(56)27-48(61,66-41)26-35(53)23-39(55)38(54)21-20-33(51)22-34(52)24-42(57)63-31(3)30(2)44(29)58/h6-19,28-41,43-47,51-56,58-61H,20-27,49H2,1-5H3/b7-6?,10-8?,11-9?,14-12?,15-13?,18-16?,19-17?,50-28-/t29-,30-,31-,32+,33+,34+,35-,36-,37+,38+,39+,40-,41-,43-,44+,45+,46-,47-,48+/m0/s1. The van der Waals surface area contributed by atoms with Crippen LogP contribution in [0.25, 0.3) is 0 Å². The number of fused-ring (bicyclic) bond motifs is 2. The van der Waals surface area contributed by atoms with E-state index in [1.807, 2.05) is 61.6 Å². The Balaban J connectivity index is 1.87. The Morgan fingerprint density at radius 1 is 0.682 bits per heavy atom. The first-order valence-electron chi connectivity index (χ1n) is 22.8. The summed E-state index contributed by atoms with van der Waals surface area (Å²) >= 11 is 0. The van der Waals surface area contributed by atoms with Gasteiger partial charge in [-0.2, -0.15) is 0 Å². The molecule has 0 saturated carbocycles. The van der Waals surface area contributed by atoms with Crippen molar-refractivity contribution in [2.24, 2.45) is 28.6 Å². The molecule has 0 aliphatic carbocycles. The van der Waals surface area contributed by atoms with Crippen molar-refractivity contribution in [1.82, 2.24) is 0 Å². The Labute approximate surface area is 388 Å². The number of rotatable bonds is 4. The van der Waals surface area contributed by atoms with Gasteiger partial charge in [-0.3, -0.25) is 4.79 Å². The number of ether oxygens (including phenoxy) is 4. The lowest BCUT2D eigenvalue weighted by molar-refractivity contribution is -0.304. The number of nitrogens with zero attached hydrogens (tertiary/aromatic N) is 1. The van der Waals surface area contributed by atoms with E-state index in [9.17, 15) is 55.9 Å². The predicted molar refractivity (Wildman–Crippen MR) is 245 cm³/mol. The van der Waals surface area contributed by atoms with Crippen LogP contribution in [0.5, 0.6) is 0 Å². The minimum absolute atomic E-state index is 0.0716. The number of carbonyl (C=O) groups excluding carboxylic acids is 1. The van der Waals surface area contributed by atoms with Crippen molar-refractivity contribution >= 4 is 12.2 Å². The van der Waals surface area contributed by atoms with Crippen LogP contribution in [0.1, 0.15) is 79.1 Å². The third kappa shape index (κ3) is 19.3. The zero-order chi connectivity index (χ0) is 49.0. The van der Waals surface area contributed by atoms with Crippen LogP contribution >= 0.6 is 0 Å². The van der Waals surface area contributed by atoms with Gasteiger partial charge in [-0.25, -0.2) is 0 Å². The van der Waals surface area contributed by atoms with Crippen LogP contribution in [0.3, 0.4) is 0 Å². The van der Waals surface area contributed by atoms with Gasteiger partial charge in [-0.05, 0) is 33.1 Å². The van der Waals surface area contributed by atoms with E-state index in [4.69, 9.17) is 29.5 Å². The molecule has 18 heteroatoms. The number of hydrogen-bond donors (Lipinski definition) is 11. The van der Waals surface area contributed by atoms with Gasteiger partial charge in [0.25, 0.3) is 0 Å². The Hall–Kier alpha value is -3.44. The Bertz CT molecular complexity index is 1670. The molecule has 3 rings (SSSR count). The normalized spacial score (nSPS) is 41.7. The van der Waals surface area contributed by atoms with Gasteiger partial charge in [0.15, 0.2) is 12.1 Å². The van der Waals surface area contributed by atoms with Gasteiger partial charge >= 0.3 is 5.97 Å². The van der Waals surface area contributed by atoms with Gasteiger partial charge in [0.2, 0.25) is 0 Å². The topological polar surface area (TPSA) is 304 Å². The summed E-state index contributed by atoms with van der Waals surface area (Å²) in [6.45, 7) is 6.83. The Morgan fingerprint density at radius 3 is 1.88 bits per heavy atom. The molecule has 2 fully saturated rings. The number of aliphatic hydroxyl groups is 10. The van der Waals surface area contributed by atoms with Crippen molar-refractivity contribution in [1.29, 1.82) is 0 Å². The fraction of sp³-hybridized carbons (Fsp3) is 0.667. The first-order valence-corrected chi connectivity index (χ1v) is 22.8. The molecule has 66 heavy (non-hydrogen) atoms. The van der Waals surface area contributed by atoms with Crippen molar-refractivity contribution in [2.45, 2.75) is 177 Å². The van der Waals surface area contributed by atoms with Gasteiger partial charge in [0.05, 0.1) is 91.7 Å². The Kier molecular flexibility index (Phi) is 24.8. The highest BCUT2D eigenvalue weighted by Crippen LogP contribution is 2.37. The molecule has 0 aromatic heterocycles. The van der Waals surface area contributed by atoms with E-state index < -0.39 is 135 Å². The van der Waals surface area contributed by atoms with Gasteiger partial charge in [0, 0.05) is 37.5 Å². The highest BCUT2D eigenvalue weighted by atomic mass is 16.7. The first kappa shape index (κ1) is 56.9. The zero-order valence-corrected chi connectivity index (χ0v) is 38.7. The average Bonchev–Trinajstić information content (AvgIpc) is 3.24. The molecule has 374 valence electrons. The van der Waals surface area contributed by atoms with Gasteiger partial charge in [-0.15, -0.1) is 0 Å². The summed E-state index contributed by atoms with van der Waals surface area (Å²) in [7, 11) is 1.31. The minimum Gasteiger partial charge on any atom is -0.462 e. The van der Waals surface area contributed by atoms with E-state index in [0.29, 0.717) is 0 Å². The molecule has 0 unspecified atom stereocenters. The molecule has 3 aliphatic heterocycles. The van der Waals surface area contributed by atoms with Crippen molar-refractivity contribution in [3.05, 3.63) is 85.1 Å². The van der Waals surface area contributed by atoms with Crippen LogP contribution in [0.4, 0.5) is 0 Å². The van der Waals surface area contributed by atoms with E-state index in [1.165, 1.54) is 13.3 Å². The van der Waals surface area contributed by atoms with Crippen LogP contribution in [-0.4, -0.2) is 168 Å². The van der Waals surface area contributed by atoms with Gasteiger partial charge in [0.1, 0.15) is 19.3 Å². The third-order valence-corrected chi connectivity index (χ3v) is 12.1. The van der Waals surface area contributed by atoms with Crippen LogP contribution < -0.4 is 5.73 Å². The van der Waals surface area contributed by atoms with Crippen molar-refractivity contribution < 1.29 is 79.6 Å². The van der Waals surface area contributed by atoms with Crippen LogP contribution in [0.2, 0.25) is 0 Å². The van der Waals surface area contributed by atoms with Crippen molar-refractivity contribution in [3.8, 4) is 0 Å². The lowest BCUT2D eigenvalue weighted by atomic mass is 9.83. The quantitative estimate of drug-likeness (QED) is 0.107. The number of esters is 1. The highest BCUT2D eigenvalue weighted by molar-refractivity contribution is 5.70. The van der Waals surface area contributed by atoms with Crippen LogP contribution in [-0.2, 0) is 28.6 Å². The molecule has 0 amide bonds. The second-order valence-corrected chi connectivity index (χ2v) is 17.7. The molecule has 0 aromatic carbocycles.